The molecule has 0 saturated carbocycles. The summed E-state index contributed by atoms with van der Waals surface area (Å²) in [6, 6.07) is 9.39. The van der Waals surface area contributed by atoms with Gasteiger partial charge >= 0.3 is 0 Å². The maximum Gasteiger partial charge on any atom is 0.221 e. The Kier molecular flexibility index (Phi) is 5.63. The summed E-state index contributed by atoms with van der Waals surface area (Å²) in [5.41, 5.74) is 7.65. The predicted molar refractivity (Wildman–Crippen MR) is 114 cm³/mol. The monoisotopic (exact) mass is 399 g/mol. The normalized spacial score (nSPS) is 23.6. The molecule has 0 fully saturated rings. The molecule has 6 nitrogen and oxygen atoms in total. The molecule has 8 heteroatoms. The van der Waals surface area contributed by atoms with E-state index in [0.717, 1.165) is 32.7 Å². The second kappa shape index (κ2) is 7.79. The van der Waals surface area contributed by atoms with Crippen LogP contribution in [-0.4, -0.2) is 28.3 Å². The topological polar surface area (TPSA) is 104 Å². The fraction of sp³-hybridized carbons (Fsp3) is 0.368. The molecule has 2 atom stereocenters. The molecule has 0 aliphatic carbocycles. The Bertz CT molecular complexity index is 898. The molecule has 3 N–H and O–H groups in total. The van der Waals surface area contributed by atoms with Crippen molar-refractivity contribution in [2.45, 2.75) is 26.8 Å². The second-order valence-electron chi connectivity index (χ2n) is 6.10. The Balaban J connectivity index is 2.09. The first-order valence-electron chi connectivity index (χ1n) is 8.69. The molecular weight excluding hydrogens is 378 g/mol. The van der Waals surface area contributed by atoms with Crippen LogP contribution in [-0.2, 0) is 4.79 Å². The highest BCUT2D eigenvalue weighted by Crippen LogP contribution is 2.56. The smallest absolute Gasteiger partial charge is 0.221 e. The van der Waals surface area contributed by atoms with Gasteiger partial charge in [0.25, 0.3) is 0 Å². The lowest BCUT2D eigenvalue weighted by molar-refractivity contribution is -0.114. The number of nitrogens with zero attached hydrogens (tertiary/aromatic N) is 3. The number of rotatable bonds is 5. The number of aliphatic imine (C=N–C) groups is 2. The van der Waals surface area contributed by atoms with E-state index >= 15 is 0 Å². The van der Waals surface area contributed by atoms with Crippen LogP contribution in [0.4, 0.5) is 5.69 Å². The van der Waals surface area contributed by atoms with E-state index in [4.69, 9.17) is 10.7 Å². The zero-order chi connectivity index (χ0) is 19.6. The molecule has 0 spiro atoms. The molecule has 3 rings (SSSR count). The average molecular weight is 400 g/mol. The molecule has 27 heavy (non-hydrogen) atoms. The molecule has 0 radical (unpaired) electrons. The number of carbonyl (C=O) groups excluding carboxylic acids is 1. The standard InChI is InChI=1S/C19H21N5OS2/c1-4-26-16-14-17(27-5-2)24-18(21)19(14,10-20)15(23-16)12-6-8-13(9-7-12)22-11(3)25/h6-9,15H,4-5H2,1-3H3,(H2,21,24)(H,22,25). The highest BCUT2D eigenvalue weighted by atomic mass is 32.2. The number of thioether (sulfide) groups is 2. The molecular formula is C19H21N5OS2. The summed E-state index contributed by atoms with van der Waals surface area (Å²) in [7, 11) is 0. The number of nitriles is 1. The second-order valence-corrected chi connectivity index (χ2v) is 8.61. The van der Waals surface area contributed by atoms with Gasteiger partial charge in [-0.2, -0.15) is 5.26 Å². The maximum atomic E-state index is 11.2. The van der Waals surface area contributed by atoms with Gasteiger partial charge in [0.2, 0.25) is 5.91 Å². The number of nitrogens with one attached hydrogen (secondary N) is 1. The van der Waals surface area contributed by atoms with E-state index < -0.39 is 11.5 Å². The van der Waals surface area contributed by atoms with Gasteiger partial charge in [-0.3, -0.25) is 9.79 Å². The number of amidine groups is 1. The fourth-order valence-electron chi connectivity index (χ4n) is 3.30. The highest BCUT2D eigenvalue weighted by molar-refractivity contribution is 8.14. The Morgan fingerprint density at radius 2 is 1.96 bits per heavy atom. The molecule has 0 saturated heterocycles. The minimum Gasteiger partial charge on any atom is -0.385 e. The third kappa shape index (κ3) is 3.26. The number of nitrogens with two attached hydrogens (primary N) is 1. The van der Waals surface area contributed by atoms with Crippen LogP contribution in [0, 0.1) is 16.7 Å². The molecule has 0 aromatic heterocycles. The van der Waals surface area contributed by atoms with Crippen LogP contribution in [0.15, 0.2) is 44.9 Å². The number of hydrogen-bond donors (Lipinski definition) is 2. The van der Waals surface area contributed by atoms with Gasteiger partial charge in [0.1, 0.15) is 16.9 Å². The first kappa shape index (κ1) is 19.5. The van der Waals surface area contributed by atoms with Crippen molar-refractivity contribution in [3.8, 4) is 6.07 Å². The average Bonchev–Trinajstić information content (AvgIpc) is 3.10. The Hall–Kier alpha value is -2.24. The lowest BCUT2D eigenvalue weighted by atomic mass is 9.75. The molecule has 0 bridgehead atoms. The van der Waals surface area contributed by atoms with E-state index in [0.29, 0.717) is 11.5 Å². The lowest BCUT2D eigenvalue weighted by Crippen LogP contribution is -2.38. The molecule has 1 aromatic rings. The predicted octanol–water partition coefficient (Wildman–Crippen LogP) is 3.70. The summed E-state index contributed by atoms with van der Waals surface area (Å²) >= 11 is 3.20. The van der Waals surface area contributed by atoms with E-state index in [1.807, 2.05) is 31.2 Å². The van der Waals surface area contributed by atoms with Crippen LogP contribution in [0.1, 0.15) is 32.4 Å². The Labute approximate surface area is 167 Å². The molecule has 1 amide bonds. The molecule has 2 aliphatic heterocycles. The van der Waals surface area contributed by atoms with Crippen LogP contribution in [0.25, 0.3) is 0 Å². The molecule has 2 aliphatic rings. The van der Waals surface area contributed by atoms with Gasteiger partial charge in [0, 0.05) is 18.2 Å². The summed E-state index contributed by atoms with van der Waals surface area (Å²) in [6.45, 7) is 5.57. The van der Waals surface area contributed by atoms with Crippen molar-refractivity contribution in [1.82, 2.24) is 0 Å². The van der Waals surface area contributed by atoms with Gasteiger partial charge in [0.05, 0.1) is 11.1 Å². The quantitative estimate of drug-likeness (QED) is 0.786. The van der Waals surface area contributed by atoms with E-state index in [-0.39, 0.29) is 5.91 Å². The van der Waals surface area contributed by atoms with Crippen LogP contribution in [0.3, 0.4) is 0 Å². The summed E-state index contributed by atoms with van der Waals surface area (Å²) in [5, 5.41) is 14.6. The van der Waals surface area contributed by atoms with Gasteiger partial charge in [0.15, 0.2) is 5.41 Å². The fourth-order valence-corrected chi connectivity index (χ4v) is 5.06. The third-order valence-corrected chi connectivity index (χ3v) is 6.12. The zero-order valence-electron chi connectivity index (χ0n) is 15.4. The SMILES string of the molecule is CCSC1=NC(c2ccc(NC(C)=O)cc2)C2(C#N)C(N)=NC(SCC)=C12. The highest BCUT2D eigenvalue weighted by Gasteiger charge is 2.57. The van der Waals surface area contributed by atoms with Crippen molar-refractivity contribution in [1.29, 1.82) is 5.26 Å². The van der Waals surface area contributed by atoms with Gasteiger partial charge in [-0.15, -0.1) is 23.5 Å². The largest absolute Gasteiger partial charge is 0.385 e. The Morgan fingerprint density at radius 1 is 1.30 bits per heavy atom. The summed E-state index contributed by atoms with van der Waals surface area (Å²) in [5.74, 6) is 1.87. The van der Waals surface area contributed by atoms with Gasteiger partial charge in [-0.05, 0) is 29.2 Å². The number of hydrogen-bond acceptors (Lipinski definition) is 7. The van der Waals surface area contributed by atoms with E-state index in [2.05, 4.69) is 23.3 Å². The van der Waals surface area contributed by atoms with Crippen LogP contribution in [0.2, 0.25) is 0 Å². The van der Waals surface area contributed by atoms with Crippen molar-refractivity contribution in [3.05, 3.63) is 40.4 Å². The van der Waals surface area contributed by atoms with Crippen LogP contribution in [0.5, 0.6) is 0 Å². The van der Waals surface area contributed by atoms with E-state index in [1.165, 1.54) is 6.92 Å². The Morgan fingerprint density at radius 3 is 2.52 bits per heavy atom. The molecule has 2 unspecified atom stereocenters. The molecule has 2 heterocycles. The third-order valence-electron chi connectivity index (χ3n) is 4.39. The zero-order valence-corrected chi connectivity index (χ0v) is 17.1. The minimum absolute atomic E-state index is 0.129. The first-order valence-corrected chi connectivity index (χ1v) is 10.7. The summed E-state index contributed by atoms with van der Waals surface area (Å²) < 4.78 is 0. The minimum atomic E-state index is -1.06. The van der Waals surface area contributed by atoms with E-state index in [1.54, 1.807) is 23.5 Å². The van der Waals surface area contributed by atoms with Crippen molar-refractivity contribution in [3.63, 3.8) is 0 Å². The molecule has 1 aromatic carbocycles. The number of benzene rings is 1. The van der Waals surface area contributed by atoms with Crippen LogP contribution < -0.4 is 11.1 Å². The lowest BCUT2D eigenvalue weighted by Gasteiger charge is -2.25. The van der Waals surface area contributed by atoms with Gasteiger partial charge < -0.3 is 11.1 Å². The van der Waals surface area contributed by atoms with E-state index in [9.17, 15) is 10.1 Å². The van der Waals surface area contributed by atoms with Crippen molar-refractivity contribution < 1.29 is 4.79 Å². The number of anilines is 1. The first-order chi connectivity index (χ1) is 13.0. The van der Waals surface area contributed by atoms with Crippen molar-refractivity contribution >= 4 is 46.0 Å². The summed E-state index contributed by atoms with van der Waals surface area (Å²) in [6.07, 6.45) is 0. The maximum absolute atomic E-state index is 11.2. The number of carbonyl (C=O) groups is 1. The van der Waals surface area contributed by atoms with Crippen molar-refractivity contribution in [2.75, 3.05) is 16.8 Å². The van der Waals surface area contributed by atoms with Gasteiger partial charge in [-0.1, -0.05) is 26.0 Å². The van der Waals surface area contributed by atoms with Crippen molar-refractivity contribution in [2.24, 2.45) is 21.1 Å². The summed E-state index contributed by atoms with van der Waals surface area (Å²) in [4.78, 5) is 20.7. The van der Waals surface area contributed by atoms with Crippen LogP contribution >= 0.6 is 23.5 Å². The number of amides is 1. The number of fused-ring (bicyclic) bond motifs is 1. The molecule has 140 valence electrons. The van der Waals surface area contributed by atoms with Gasteiger partial charge in [-0.25, -0.2) is 4.99 Å².